The minimum atomic E-state index is -0.642. The maximum absolute atomic E-state index is 12.7. The van der Waals surface area contributed by atoms with E-state index in [1.165, 1.54) is 11.3 Å². The molecule has 0 amide bonds. The summed E-state index contributed by atoms with van der Waals surface area (Å²) in [6, 6.07) is 4.49. The van der Waals surface area contributed by atoms with Crippen molar-refractivity contribution in [1.29, 1.82) is 0 Å². The molecule has 1 aliphatic rings. The van der Waals surface area contributed by atoms with Crippen molar-refractivity contribution >= 4 is 46.3 Å². The number of nitrogens with one attached hydrogen (secondary N) is 1. The highest BCUT2D eigenvalue weighted by atomic mass is 35.5. The maximum atomic E-state index is 12.7. The molecule has 1 unspecified atom stereocenters. The van der Waals surface area contributed by atoms with Gasteiger partial charge in [-0.1, -0.05) is 61.4 Å². The van der Waals surface area contributed by atoms with Crippen molar-refractivity contribution in [3.63, 3.8) is 0 Å². The smallest absolute Gasteiger partial charge is 0.338 e. The average molecular weight is 453 g/mol. The van der Waals surface area contributed by atoms with Crippen LogP contribution in [0.4, 0.5) is 0 Å². The van der Waals surface area contributed by atoms with Gasteiger partial charge in [-0.15, -0.1) is 10.2 Å². The van der Waals surface area contributed by atoms with Gasteiger partial charge in [0.05, 0.1) is 12.2 Å². The fourth-order valence-electron chi connectivity index (χ4n) is 2.83. The number of rotatable bonds is 4. The second-order valence-electron chi connectivity index (χ2n) is 7.59. The minimum absolute atomic E-state index is 0.120. The van der Waals surface area contributed by atoms with Crippen LogP contribution in [-0.4, -0.2) is 28.6 Å². The summed E-state index contributed by atoms with van der Waals surface area (Å²) >= 11 is 14.0. The van der Waals surface area contributed by atoms with Crippen molar-refractivity contribution in [1.82, 2.24) is 15.5 Å². The number of ether oxygens (including phenoxy) is 1. The Hall–Kier alpha value is -1.96. The van der Waals surface area contributed by atoms with Gasteiger partial charge in [0, 0.05) is 26.7 Å². The first kappa shape index (κ1) is 21.7. The van der Waals surface area contributed by atoms with Gasteiger partial charge < -0.3 is 10.1 Å². The van der Waals surface area contributed by atoms with Gasteiger partial charge in [0.25, 0.3) is 0 Å². The molecule has 1 aromatic carbocycles. The molecule has 29 heavy (non-hydrogen) atoms. The average Bonchev–Trinajstić information content (AvgIpc) is 3.11. The highest BCUT2D eigenvalue weighted by molar-refractivity contribution is 7.13. The number of aliphatic imine (C=N–C) groups is 1. The summed E-state index contributed by atoms with van der Waals surface area (Å²) in [5.41, 5.74) is 1.58. The number of hydrogen-bond acceptors (Lipinski definition) is 7. The van der Waals surface area contributed by atoms with Gasteiger partial charge in [0.2, 0.25) is 0 Å². The predicted molar refractivity (Wildman–Crippen MR) is 117 cm³/mol. The van der Waals surface area contributed by atoms with Gasteiger partial charge in [-0.2, -0.15) is 0 Å². The second kappa shape index (κ2) is 8.42. The number of carbonyl (C=O) groups is 1. The number of aromatic nitrogens is 2. The van der Waals surface area contributed by atoms with Crippen molar-refractivity contribution in [2.45, 2.75) is 46.1 Å². The number of nitrogens with zero attached hydrogens (tertiary/aromatic N) is 3. The Balaban J connectivity index is 2.10. The van der Waals surface area contributed by atoms with Gasteiger partial charge in [-0.3, -0.25) is 4.99 Å². The summed E-state index contributed by atoms with van der Waals surface area (Å²) in [7, 11) is 0. The number of amidine groups is 1. The van der Waals surface area contributed by atoms with E-state index in [0.717, 1.165) is 5.01 Å². The van der Waals surface area contributed by atoms with E-state index < -0.39 is 12.0 Å². The molecule has 0 saturated heterocycles. The number of allylic oxidation sites excluding steroid dienone is 1. The van der Waals surface area contributed by atoms with E-state index in [1.807, 2.05) is 6.92 Å². The molecule has 0 fully saturated rings. The zero-order valence-corrected chi connectivity index (χ0v) is 19.2. The third kappa shape index (κ3) is 4.63. The normalized spacial score (nSPS) is 17.1. The van der Waals surface area contributed by atoms with Crippen molar-refractivity contribution < 1.29 is 9.53 Å². The lowest BCUT2D eigenvalue weighted by Gasteiger charge is -2.26. The molecular formula is C20H22Cl2N4O2S. The Bertz CT molecular complexity index is 1010. The highest BCUT2D eigenvalue weighted by Gasteiger charge is 2.33. The number of carbonyl (C=O) groups excluding carboxylic acids is 1. The first-order valence-electron chi connectivity index (χ1n) is 9.13. The van der Waals surface area contributed by atoms with Crippen LogP contribution in [0.3, 0.4) is 0 Å². The summed E-state index contributed by atoms with van der Waals surface area (Å²) < 4.78 is 5.26. The molecular weight excluding hydrogens is 431 g/mol. The van der Waals surface area contributed by atoms with E-state index in [2.05, 4.69) is 36.3 Å². The standard InChI is InChI=1S/C20H22Cl2N4O2S/c1-6-28-18(27)14-10(2)23-16(17-25-26-19(29-17)20(3,4)5)24-15(14)12-8-7-11(21)9-13(12)22/h7-9,15H,6H2,1-5H3,(H,23,24). The molecule has 154 valence electrons. The number of benzene rings is 1. The lowest BCUT2D eigenvalue weighted by molar-refractivity contribution is -0.138. The van der Waals surface area contributed by atoms with Crippen LogP contribution in [0.5, 0.6) is 0 Å². The SMILES string of the molecule is CCOC(=O)C1=C(C)NC(c2nnc(C(C)(C)C)s2)=NC1c1ccc(Cl)cc1Cl. The topological polar surface area (TPSA) is 76.5 Å². The zero-order chi connectivity index (χ0) is 21.3. The number of halogens is 2. The predicted octanol–water partition coefficient (Wildman–Crippen LogP) is 5.07. The van der Waals surface area contributed by atoms with E-state index in [0.29, 0.717) is 37.7 Å². The molecule has 1 atom stereocenters. The Morgan fingerprint density at radius 1 is 1.28 bits per heavy atom. The van der Waals surface area contributed by atoms with E-state index >= 15 is 0 Å². The monoisotopic (exact) mass is 452 g/mol. The lowest BCUT2D eigenvalue weighted by atomic mass is 9.96. The molecule has 0 aliphatic carbocycles. The summed E-state index contributed by atoms with van der Waals surface area (Å²) in [5.74, 6) is 0.100. The van der Waals surface area contributed by atoms with Crippen LogP contribution in [0.2, 0.25) is 10.0 Å². The van der Waals surface area contributed by atoms with Gasteiger partial charge in [-0.05, 0) is 26.0 Å². The molecule has 1 aliphatic heterocycles. The molecule has 3 rings (SSSR count). The molecule has 2 heterocycles. The molecule has 9 heteroatoms. The van der Waals surface area contributed by atoms with Crippen LogP contribution in [-0.2, 0) is 14.9 Å². The molecule has 0 bridgehead atoms. The van der Waals surface area contributed by atoms with Gasteiger partial charge in [0.1, 0.15) is 11.0 Å². The maximum Gasteiger partial charge on any atom is 0.338 e. The van der Waals surface area contributed by atoms with Crippen molar-refractivity contribution in [3.05, 3.63) is 55.1 Å². The van der Waals surface area contributed by atoms with E-state index in [4.69, 9.17) is 32.9 Å². The summed E-state index contributed by atoms with van der Waals surface area (Å²) in [6.07, 6.45) is 0. The summed E-state index contributed by atoms with van der Waals surface area (Å²) in [5, 5.41) is 14.3. The lowest BCUT2D eigenvalue weighted by Crippen LogP contribution is -2.32. The van der Waals surface area contributed by atoms with Crippen molar-refractivity contribution in [2.75, 3.05) is 6.61 Å². The fourth-order valence-corrected chi connectivity index (χ4v) is 4.19. The van der Waals surface area contributed by atoms with Crippen LogP contribution in [0.25, 0.3) is 0 Å². The first-order valence-corrected chi connectivity index (χ1v) is 10.7. The Kier molecular flexibility index (Phi) is 6.31. The minimum Gasteiger partial charge on any atom is -0.463 e. The molecule has 0 saturated carbocycles. The number of esters is 1. The Morgan fingerprint density at radius 3 is 2.59 bits per heavy atom. The molecule has 1 aromatic heterocycles. The van der Waals surface area contributed by atoms with Crippen LogP contribution in [0.15, 0.2) is 34.5 Å². The molecule has 2 aromatic rings. The molecule has 0 radical (unpaired) electrons. The zero-order valence-electron chi connectivity index (χ0n) is 16.8. The van der Waals surface area contributed by atoms with Crippen LogP contribution < -0.4 is 5.32 Å². The van der Waals surface area contributed by atoms with Gasteiger partial charge in [0.15, 0.2) is 10.8 Å². The largest absolute Gasteiger partial charge is 0.463 e. The number of hydrogen-bond donors (Lipinski definition) is 1. The van der Waals surface area contributed by atoms with Crippen LogP contribution in [0, 0.1) is 0 Å². The third-order valence-electron chi connectivity index (χ3n) is 4.26. The van der Waals surface area contributed by atoms with Gasteiger partial charge >= 0.3 is 5.97 Å². The third-order valence-corrected chi connectivity index (χ3v) is 6.18. The van der Waals surface area contributed by atoms with Crippen LogP contribution in [0.1, 0.15) is 56.2 Å². The fraction of sp³-hybridized carbons (Fsp3) is 0.400. The van der Waals surface area contributed by atoms with Crippen molar-refractivity contribution in [3.8, 4) is 0 Å². The molecule has 1 N–H and O–H groups in total. The van der Waals surface area contributed by atoms with E-state index in [-0.39, 0.29) is 12.0 Å². The molecule has 6 nitrogen and oxygen atoms in total. The first-order chi connectivity index (χ1) is 13.6. The quantitative estimate of drug-likeness (QED) is 0.654. The Morgan fingerprint density at radius 2 is 2.00 bits per heavy atom. The summed E-state index contributed by atoms with van der Waals surface area (Å²) in [4.78, 5) is 17.4. The highest BCUT2D eigenvalue weighted by Crippen LogP contribution is 2.37. The van der Waals surface area contributed by atoms with Gasteiger partial charge in [-0.25, -0.2) is 4.79 Å². The van der Waals surface area contributed by atoms with E-state index in [1.54, 1.807) is 25.1 Å². The second-order valence-corrected chi connectivity index (χ2v) is 9.41. The van der Waals surface area contributed by atoms with Crippen LogP contribution >= 0.6 is 34.5 Å². The summed E-state index contributed by atoms with van der Waals surface area (Å²) in [6.45, 7) is 10.1. The Labute approximate surface area is 184 Å². The van der Waals surface area contributed by atoms with Crippen molar-refractivity contribution in [2.24, 2.45) is 4.99 Å². The van der Waals surface area contributed by atoms with E-state index in [9.17, 15) is 4.79 Å². The molecule has 0 spiro atoms.